The Morgan fingerprint density at radius 2 is 1.32 bits per heavy atom. The molecule has 0 saturated carbocycles. The van der Waals surface area contributed by atoms with E-state index in [2.05, 4.69) is 122 Å². The van der Waals surface area contributed by atoms with E-state index in [1.54, 1.807) is 0 Å². The average Bonchev–Trinajstić information content (AvgIpc) is 3.27. The minimum atomic E-state index is 0.921. The SMILES string of the molecule is CCN(C)c1ccc2c(ccc3cc(N(CC)c4cccc5c4-c4ccccc4C5)ccc32)c1. The molecular weight excluding hydrogens is 412 g/mol. The molecule has 0 spiro atoms. The zero-order valence-corrected chi connectivity index (χ0v) is 20.2. The van der Waals surface area contributed by atoms with Crippen molar-refractivity contribution in [2.45, 2.75) is 20.3 Å². The summed E-state index contributed by atoms with van der Waals surface area (Å²) in [6.45, 7) is 6.36. The molecule has 0 unspecified atom stereocenters. The fourth-order valence-corrected chi connectivity index (χ4v) is 5.52. The fourth-order valence-electron chi connectivity index (χ4n) is 5.52. The Balaban J connectivity index is 1.46. The Labute approximate surface area is 202 Å². The van der Waals surface area contributed by atoms with Crippen molar-refractivity contribution in [2.75, 3.05) is 29.9 Å². The van der Waals surface area contributed by atoms with Gasteiger partial charge in [-0.05, 0) is 88.8 Å². The molecule has 1 aliphatic rings. The van der Waals surface area contributed by atoms with Crippen molar-refractivity contribution in [3.05, 3.63) is 102 Å². The van der Waals surface area contributed by atoms with Crippen LogP contribution < -0.4 is 9.80 Å². The molecule has 0 bridgehead atoms. The maximum atomic E-state index is 2.46. The summed E-state index contributed by atoms with van der Waals surface area (Å²) in [5.41, 5.74) is 9.45. The van der Waals surface area contributed by atoms with E-state index in [0.29, 0.717) is 0 Å². The minimum Gasteiger partial charge on any atom is -0.375 e. The highest BCUT2D eigenvalue weighted by Crippen LogP contribution is 2.45. The van der Waals surface area contributed by atoms with E-state index in [0.717, 1.165) is 19.5 Å². The number of anilines is 3. The lowest BCUT2D eigenvalue weighted by Crippen LogP contribution is -2.17. The van der Waals surface area contributed by atoms with Gasteiger partial charge in [0.15, 0.2) is 0 Å². The Hall–Kier alpha value is -3.78. The number of fused-ring (bicyclic) bond motifs is 6. The lowest BCUT2D eigenvalue weighted by Gasteiger charge is -2.27. The predicted molar refractivity (Wildman–Crippen MR) is 148 cm³/mol. The van der Waals surface area contributed by atoms with Crippen LogP contribution in [0, 0.1) is 0 Å². The van der Waals surface area contributed by atoms with Crippen molar-refractivity contribution < 1.29 is 0 Å². The molecule has 0 N–H and O–H groups in total. The number of nitrogens with zero attached hydrogens (tertiary/aromatic N) is 2. The van der Waals surface area contributed by atoms with Crippen molar-refractivity contribution >= 4 is 38.6 Å². The van der Waals surface area contributed by atoms with Crippen LogP contribution in [0.4, 0.5) is 17.1 Å². The summed E-state index contributed by atoms with van der Waals surface area (Å²) in [7, 11) is 2.15. The largest absolute Gasteiger partial charge is 0.375 e. The van der Waals surface area contributed by atoms with Crippen LogP contribution in [0.1, 0.15) is 25.0 Å². The molecule has 5 aromatic rings. The molecule has 0 radical (unpaired) electrons. The Bertz CT molecular complexity index is 1530. The third kappa shape index (κ3) is 3.25. The van der Waals surface area contributed by atoms with Crippen LogP contribution in [0.25, 0.3) is 32.7 Å². The van der Waals surface area contributed by atoms with Gasteiger partial charge in [0, 0.05) is 42.8 Å². The van der Waals surface area contributed by atoms with E-state index >= 15 is 0 Å². The third-order valence-electron chi connectivity index (χ3n) is 7.43. The molecule has 168 valence electrons. The summed E-state index contributed by atoms with van der Waals surface area (Å²) in [5.74, 6) is 0. The first-order chi connectivity index (χ1) is 16.7. The van der Waals surface area contributed by atoms with Crippen LogP contribution in [-0.2, 0) is 6.42 Å². The number of rotatable bonds is 5. The van der Waals surface area contributed by atoms with Gasteiger partial charge < -0.3 is 9.80 Å². The summed E-state index contributed by atoms with van der Waals surface area (Å²) in [6.07, 6.45) is 1.02. The topological polar surface area (TPSA) is 6.48 Å². The van der Waals surface area contributed by atoms with E-state index in [4.69, 9.17) is 0 Å². The van der Waals surface area contributed by atoms with Crippen molar-refractivity contribution in [2.24, 2.45) is 0 Å². The van der Waals surface area contributed by atoms with Gasteiger partial charge in [0.1, 0.15) is 0 Å². The van der Waals surface area contributed by atoms with Crippen LogP contribution >= 0.6 is 0 Å². The first kappa shape index (κ1) is 20.8. The van der Waals surface area contributed by atoms with Crippen LogP contribution in [-0.4, -0.2) is 20.1 Å². The second-order valence-corrected chi connectivity index (χ2v) is 9.28. The maximum absolute atomic E-state index is 2.46. The first-order valence-corrected chi connectivity index (χ1v) is 12.3. The average molecular weight is 443 g/mol. The summed E-state index contributed by atoms with van der Waals surface area (Å²) in [4.78, 5) is 4.74. The lowest BCUT2D eigenvalue weighted by molar-refractivity contribution is 0.970. The smallest absolute Gasteiger partial charge is 0.0493 e. The van der Waals surface area contributed by atoms with Gasteiger partial charge in [-0.15, -0.1) is 0 Å². The van der Waals surface area contributed by atoms with Gasteiger partial charge in [-0.25, -0.2) is 0 Å². The normalized spacial score (nSPS) is 12.1. The molecular formula is C32H30N2. The number of hydrogen-bond acceptors (Lipinski definition) is 2. The Morgan fingerprint density at radius 1 is 0.647 bits per heavy atom. The van der Waals surface area contributed by atoms with Gasteiger partial charge >= 0.3 is 0 Å². The fraction of sp³-hybridized carbons (Fsp3) is 0.188. The van der Waals surface area contributed by atoms with E-state index < -0.39 is 0 Å². The minimum absolute atomic E-state index is 0.921. The first-order valence-electron chi connectivity index (χ1n) is 12.3. The van der Waals surface area contributed by atoms with Crippen molar-refractivity contribution in [1.82, 2.24) is 0 Å². The monoisotopic (exact) mass is 442 g/mol. The third-order valence-corrected chi connectivity index (χ3v) is 7.43. The van der Waals surface area contributed by atoms with Crippen molar-refractivity contribution in [3.8, 4) is 11.1 Å². The molecule has 0 heterocycles. The molecule has 34 heavy (non-hydrogen) atoms. The molecule has 0 saturated heterocycles. The molecule has 1 aliphatic carbocycles. The number of benzene rings is 5. The number of hydrogen-bond donors (Lipinski definition) is 0. The highest BCUT2D eigenvalue weighted by atomic mass is 15.1. The predicted octanol–water partition coefficient (Wildman–Crippen LogP) is 8.18. The highest BCUT2D eigenvalue weighted by Gasteiger charge is 2.23. The Kier molecular flexibility index (Phi) is 5.03. The lowest BCUT2D eigenvalue weighted by atomic mass is 9.99. The molecule has 0 amide bonds. The Morgan fingerprint density at radius 3 is 2.06 bits per heavy atom. The molecule has 2 nitrogen and oxygen atoms in total. The van der Waals surface area contributed by atoms with Crippen LogP contribution in [0.3, 0.4) is 0 Å². The molecule has 0 aliphatic heterocycles. The van der Waals surface area contributed by atoms with Crippen LogP contribution in [0.15, 0.2) is 91.0 Å². The van der Waals surface area contributed by atoms with Crippen LogP contribution in [0.2, 0.25) is 0 Å². The van der Waals surface area contributed by atoms with Gasteiger partial charge in [0.05, 0.1) is 0 Å². The van der Waals surface area contributed by atoms with Gasteiger partial charge in [-0.2, -0.15) is 0 Å². The van der Waals surface area contributed by atoms with E-state index in [-0.39, 0.29) is 0 Å². The summed E-state index contributed by atoms with van der Waals surface area (Å²) >= 11 is 0. The van der Waals surface area contributed by atoms with Crippen LogP contribution in [0.5, 0.6) is 0 Å². The zero-order valence-electron chi connectivity index (χ0n) is 20.2. The zero-order chi connectivity index (χ0) is 23.2. The molecule has 2 heteroatoms. The van der Waals surface area contributed by atoms with Gasteiger partial charge in [-0.1, -0.05) is 60.7 Å². The molecule has 0 aromatic heterocycles. The molecule has 5 aromatic carbocycles. The highest BCUT2D eigenvalue weighted by molar-refractivity contribution is 6.09. The molecule has 6 rings (SSSR count). The van der Waals surface area contributed by atoms with Gasteiger partial charge in [0.25, 0.3) is 0 Å². The van der Waals surface area contributed by atoms with E-state index in [1.165, 1.54) is 60.9 Å². The summed E-state index contributed by atoms with van der Waals surface area (Å²) in [6, 6.07) is 33.9. The van der Waals surface area contributed by atoms with Crippen molar-refractivity contribution in [1.29, 1.82) is 0 Å². The van der Waals surface area contributed by atoms with Crippen molar-refractivity contribution in [3.63, 3.8) is 0 Å². The second kappa shape index (κ2) is 8.22. The molecule has 0 fully saturated rings. The summed E-state index contributed by atoms with van der Waals surface area (Å²) in [5, 5.41) is 5.21. The quantitative estimate of drug-likeness (QED) is 0.248. The van der Waals surface area contributed by atoms with E-state index in [1.807, 2.05) is 0 Å². The standard InChI is InChI=1S/C32H30N2/c1-4-33(3)26-15-17-28-23(20-26)13-14-24-21-27(16-18-29(24)28)34(5-2)31-12-8-10-25-19-22-9-6-7-11-30(22)32(25)31/h6-18,20-21H,4-5,19H2,1-3H3. The second-order valence-electron chi connectivity index (χ2n) is 9.28. The van der Waals surface area contributed by atoms with Gasteiger partial charge in [-0.3, -0.25) is 0 Å². The van der Waals surface area contributed by atoms with Gasteiger partial charge in [0.2, 0.25) is 0 Å². The maximum Gasteiger partial charge on any atom is 0.0493 e. The summed E-state index contributed by atoms with van der Waals surface area (Å²) < 4.78 is 0. The molecule has 0 atom stereocenters. The van der Waals surface area contributed by atoms with E-state index in [9.17, 15) is 0 Å².